The van der Waals surface area contributed by atoms with Crippen LogP contribution in [0, 0.1) is 0 Å². The highest BCUT2D eigenvalue weighted by Gasteiger charge is 2.15. The zero-order chi connectivity index (χ0) is 15.0. The Hall–Kier alpha value is -1.52. The summed E-state index contributed by atoms with van der Waals surface area (Å²) in [6, 6.07) is 0.467. The lowest BCUT2D eigenvalue weighted by atomic mass is 9.96. The molecular weight excluding hydrogens is 252 g/mol. The highest BCUT2D eigenvalue weighted by atomic mass is 16.2. The molecule has 5 heteroatoms. The van der Waals surface area contributed by atoms with Gasteiger partial charge in [0.25, 0.3) is 0 Å². The normalized spacial score (nSPS) is 16.6. The Morgan fingerprint density at radius 1 is 1.30 bits per heavy atom. The van der Waals surface area contributed by atoms with Gasteiger partial charge in [0.1, 0.15) is 6.54 Å². The van der Waals surface area contributed by atoms with Gasteiger partial charge in [0.2, 0.25) is 5.91 Å². The number of nitrogens with one attached hydrogen (secondary N) is 2. The molecule has 1 rings (SSSR count). The Labute approximate surface area is 122 Å². The zero-order valence-corrected chi connectivity index (χ0v) is 13.0. The molecule has 20 heavy (non-hydrogen) atoms. The van der Waals surface area contributed by atoms with E-state index in [4.69, 9.17) is 0 Å². The first-order valence-corrected chi connectivity index (χ1v) is 7.38. The van der Waals surface area contributed by atoms with E-state index < -0.39 is 0 Å². The van der Waals surface area contributed by atoms with Gasteiger partial charge in [0.05, 0.1) is 0 Å². The smallest absolute Gasteiger partial charge is 0.243 e. The average molecular weight is 280 g/mol. The molecule has 0 aliphatic heterocycles. The summed E-state index contributed by atoms with van der Waals surface area (Å²) in [5, 5.41) is 6.66. The van der Waals surface area contributed by atoms with Crippen molar-refractivity contribution in [3.8, 4) is 0 Å². The maximum atomic E-state index is 11.6. The van der Waals surface area contributed by atoms with Gasteiger partial charge in [-0.25, -0.2) is 4.99 Å². The molecule has 2 N–H and O–H groups in total. The van der Waals surface area contributed by atoms with E-state index in [-0.39, 0.29) is 12.5 Å². The van der Waals surface area contributed by atoms with Crippen molar-refractivity contribution < 1.29 is 4.79 Å². The van der Waals surface area contributed by atoms with Crippen LogP contribution in [0.3, 0.4) is 0 Å². The van der Waals surface area contributed by atoms with Gasteiger partial charge in [0, 0.05) is 26.7 Å². The topological polar surface area (TPSA) is 56.7 Å². The second-order valence-corrected chi connectivity index (χ2v) is 5.74. The van der Waals surface area contributed by atoms with Crippen LogP contribution in [0.5, 0.6) is 0 Å². The number of nitrogens with zero attached hydrogens (tertiary/aromatic N) is 2. The molecule has 1 amide bonds. The molecule has 0 bridgehead atoms. The molecule has 0 atom stereocenters. The van der Waals surface area contributed by atoms with E-state index in [1.165, 1.54) is 32.1 Å². The molecule has 0 spiro atoms. The van der Waals surface area contributed by atoms with Crippen LogP contribution in [0.15, 0.2) is 17.1 Å². The quantitative estimate of drug-likeness (QED) is 0.456. The number of amides is 1. The van der Waals surface area contributed by atoms with Crippen molar-refractivity contribution >= 4 is 11.9 Å². The predicted octanol–water partition coefficient (Wildman–Crippen LogP) is 1.52. The van der Waals surface area contributed by atoms with Crippen LogP contribution in [0.2, 0.25) is 0 Å². The van der Waals surface area contributed by atoms with Gasteiger partial charge in [-0.2, -0.15) is 0 Å². The third-order valence-corrected chi connectivity index (χ3v) is 3.37. The molecule has 1 fully saturated rings. The number of guanidine groups is 1. The van der Waals surface area contributed by atoms with Crippen molar-refractivity contribution in [2.45, 2.75) is 45.1 Å². The van der Waals surface area contributed by atoms with E-state index in [0.29, 0.717) is 12.6 Å². The molecule has 0 aromatic carbocycles. The van der Waals surface area contributed by atoms with Crippen molar-refractivity contribution in [1.82, 2.24) is 15.5 Å². The van der Waals surface area contributed by atoms with Crippen LogP contribution in [-0.4, -0.2) is 50.0 Å². The minimum atomic E-state index is 0.00469. The summed E-state index contributed by atoms with van der Waals surface area (Å²) in [6.07, 6.45) is 6.21. The van der Waals surface area contributed by atoms with E-state index in [0.717, 1.165) is 11.5 Å². The van der Waals surface area contributed by atoms with Gasteiger partial charge in [-0.15, -0.1) is 0 Å². The number of carbonyl (C=O) groups is 1. The Morgan fingerprint density at radius 2 is 1.95 bits per heavy atom. The summed E-state index contributed by atoms with van der Waals surface area (Å²) in [4.78, 5) is 17.6. The van der Waals surface area contributed by atoms with E-state index in [2.05, 4.69) is 22.2 Å². The lowest BCUT2D eigenvalue weighted by Gasteiger charge is -2.25. The second kappa shape index (κ2) is 8.61. The molecule has 0 radical (unpaired) electrons. The number of aliphatic imine (C=N–C) groups is 1. The van der Waals surface area contributed by atoms with Gasteiger partial charge in [-0.3, -0.25) is 4.79 Å². The first kappa shape index (κ1) is 16.5. The predicted molar refractivity (Wildman–Crippen MR) is 83.8 cm³/mol. The maximum Gasteiger partial charge on any atom is 0.243 e. The largest absolute Gasteiger partial charge is 0.354 e. The molecule has 0 unspecified atom stereocenters. The standard InChI is InChI=1S/C15H28N4O/c1-12(2)10-16-15(17-11-14(20)19(3)4)18-13-8-6-5-7-9-13/h13H,1,5-11H2,2-4H3,(H2,16,17,18). The van der Waals surface area contributed by atoms with Crippen LogP contribution in [-0.2, 0) is 4.79 Å². The highest BCUT2D eigenvalue weighted by Crippen LogP contribution is 2.17. The molecule has 0 saturated heterocycles. The van der Waals surface area contributed by atoms with Gasteiger partial charge in [0.15, 0.2) is 5.96 Å². The van der Waals surface area contributed by atoms with Crippen molar-refractivity contribution in [3.05, 3.63) is 12.2 Å². The number of hydrogen-bond donors (Lipinski definition) is 2. The summed E-state index contributed by atoms with van der Waals surface area (Å²) in [5.74, 6) is 0.722. The Bertz CT molecular complexity index is 357. The van der Waals surface area contributed by atoms with Crippen LogP contribution < -0.4 is 10.6 Å². The third kappa shape index (κ3) is 6.59. The van der Waals surface area contributed by atoms with Gasteiger partial charge in [-0.1, -0.05) is 31.4 Å². The fourth-order valence-corrected chi connectivity index (χ4v) is 2.12. The first-order chi connectivity index (χ1) is 9.49. The van der Waals surface area contributed by atoms with Crippen LogP contribution in [0.4, 0.5) is 0 Å². The molecule has 0 aromatic heterocycles. The monoisotopic (exact) mass is 280 g/mol. The van der Waals surface area contributed by atoms with Gasteiger partial charge in [-0.05, 0) is 19.8 Å². The summed E-state index contributed by atoms with van der Waals surface area (Å²) < 4.78 is 0. The average Bonchev–Trinajstić information content (AvgIpc) is 2.42. The number of carbonyl (C=O) groups excluding carboxylic acids is 1. The summed E-state index contributed by atoms with van der Waals surface area (Å²) in [5.41, 5.74) is 1.04. The minimum absolute atomic E-state index is 0.00469. The van der Waals surface area contributed by atoms with Crippen molar-refractivity contribution in [2.75, 3.05) is 27.2 Å². The Balaban J connectivity index is 2.55. The van der Waals surface area contributed by atoms with E-state index in [1.54, 1.807) is 19.0 Å². The maximum absolute atomic E-state index is 11.6. The zero-order valence-electron chi connectivity index (χ0n) is 13.0. The van der Waals surface area contributed by atoms with E-state index in [9.17, 15) is 4.79 Å². The lowest BCUT2D eigenvalue weighted by Crippen LogP contribution is -2.45. The fourth-order valence-electron chi connectivity index (χ4n) is 2.12. The highest BCUT2D eigenvalue weighted by molar-refractivity contribution is 5.85. The van der Waals surface area contributed by atoms with Crippen molar-refractivity contribution in [3.63, 3.8) is 0 Å². The number of likely N-dealkylation sites (N-methyl/N-ethyl adjacent to an activating group) is 1. The molecule has 114 valence electrons. The minimum Gasteiger partial charge on any atom is -0.354 e. The molecule has 1 aliphatic carbocycles. The van der Waals surface area contributed by atoms with Crippen molar-refractivity contribution in [2.24, 2.45) is 4.99 Å². The fraction of sp³-hybridized carbons (Fsp3) is 0.733. The first-order valence-electron chi connectivity index (χ1n) is 7.38. The summed E-state index contributed by atoms with van der Waals surface area (Å²) in [6.45, 7) is 6.69. The van der Waals surface area contributed by atoms with E-state index >= 15 is 0 Å². The van der Waals surface area contributed by atoms with Gasteiger partial charge < -0.3 is 15.5 Å². The second-order valence-electron chi connectivity index (χ2n) is 5.74. The summed E-state index contributed by atoms with van der Waals surface area (Å²) >= 11 is 0. The number of rotatable bonds is 5. The van der Waals surface area contributed by atoms with Crippen LogP contribution >= 0.6 is 0 Å². The molecule has 5 nitrogen and oxygen atoms in total. The van der Waals surface area contributed by atoms with Crippen LogP contribution in [0.25, 0.3) is 0 Å². The van der Waals surface area contributed by atoms with Crippen LogP contribution in [0.1, 0.15) is 39.0 Å². The SMILES string of the molecule is C=C(C)CNC(=NCC(=O)N(C)C)NC1CCCCC1. The van der Waals surface area contributed by atoms with E-state index in [1.807, 2.05) is 6.92 Å². The molecular formula is C15H28N4O. The Morgan fingerprint density at radius 3 is 2.50 bits per heavy atom. The lowest BCUT2D eigenvalue weighted by molar-refractivity contribution is -0.127. The number of hydrogen-bond acceptors (Lipinski definition) is 2. The van der Waals surface area contributed by atoms with Crippen molar-refractivity contribution in [1.29, 1.82) is 0 Å². The molecule has 0 heterocycles. The Kier molecular flexibility index (Phi) is 7.12. The molecule has 0 aromatic rings. The van der Waals surface area contributed by atoms with Gasteiger partial charge >= 0.3 is 0 Å². The molecule has 1 saturated carbocycles. The molecule has 1 aliphatic rings. The third-order valence-electron chi connectivity index (χ3n) is 3.37. The summed E-state index contributed by atoms with van der Waals surface area (Å²) in [7, 11) is 3.49.